The minimum absolute atomic E-state index is 0.154. The van der Waals surface area contributed by atoms with Gasteiger partial charge in [-0.3, -0.25) is 9.69 Å². The van der Waals surface area contributed by atoms with Gasteiger partial charge in [-0.1, -0.05) is 11.6 Å². The van der Waals surface area contributed by atoms with E-state index in [2.05, 4.69) is 9.97 Å². The van der Waals surface area contributed by atoms with Crippen LogP contribution in [0.2, 0.25) is 5.02 Å². The molecular formula is C21H24ClN3O5S. The molecule has 3 aromatic rings. The number of nitrogens with one attached hydrogen (secondary N) is 1. The summed E-state index contributed by atoms with van der Waals surface area (Å²) in [4.78, 5) is 35.1. The molecule has 3 rings (SSSR count). The summed E-state index contributed by atoms with van der Waals surface area (Å²) in [7, 11) is 3.44. The lowest BCUT2D eigenvalue weighted by molar-refractivity contribution is 0.0393. The second-order valence-electron chi connectivity index (χ2n) is 6.92. The summed E-state index contributed by atoms with van der Waals surface area (Å²) in [5.41, 5.74) is 0.308. The summed E-state index contributed by atoms with van der Waals surface area (Å²) in [6, 6.07) is 7.17. The van der Waals surface area contributed by atoms with Crippen molar-refractivity contribution in [1.29, 1.82) is 0 Å². The largest absolute Gasteiger partial charge is 0.492 e. The Morgan fingerprint density at radius 3 is 2.68 bits per heavy atom. The van der Waals surface area contributed by atoms with Crippen LogP contribution in [0.1, 0.15) is 21.1 Å². The van der Waals surface area contributed by atoms with Crippen LogP contribution in [0, 0.1) is 6.92 Å². The number of fused-ring (bicyclic) bond motifs is 1. The quantitative estimate of drug-likeness (QED) is 0.362. The predicted octanol–water partition coefficient (Wildman–Crippen LogP) is 3.26. The number of esters is 1. The van der Waals surface area contributed by atoms with Crippen molar-refractivity contribution < 1.29 is 19.0 Å². The summed E-state index contributed by atoms with van der Waals surface area (Å²) in [5.74, 6) is 0.784. The van der Waals surface area contributed by atoms with Gasteiger partial charge in [0, 0.05) is 18.7 Å². The van der Waals surface area contributed by atoms with Crippen LogP contribution in [0.3, 0.4) is 0 Å². The first kappa shape index (κ1) is 23.2. The van der Waals surface area contributed by atoms with Crippen LogP contribution >= 0.6 is 22.9 Å². The minimum Gasteiger partial charge on any atom is -0.492 e. The Morgan fingerprint density at radius 2 is 1.97 bits per heavy atom. The van der Waals surface area contributed by atoms with Crippen molar-refractivity contribution in [1.82, 2.24) is 14.9 Å². The lowest BCUT2D eigenvalue weighted by atomic mass is 10.2. The summed E-state index contributed by atoms with van der Waals surface area (Å²) in [6.07, 6.45) is 0. The van der Waals surface area contributed by atoms with Crippen molar-refractivity contribution in [2.75, 3.05) is 40.5 Å². The van der Waals surface area contributed by atoms with Gasteiger partial charge in [-0.25, -0.2) is 9.78 Å². The highest BCUT2D eigenvalue weighted by Crippen LogP contribution is 2.27. The van der Waals surface area contributed by atoms with Crippen LogP contribution in [-0.2, 0) is 16.0 Å². The van der Waals surface area contributed by atoms with Gasteiger partial charge in [0.15, 0.2) is 0 Å². The van der Waals surface area contributed by atoms with Crippen molar-refractivity contribution in [2.24, 2.45) is 0 Å². The van der Waals surface area contributed by atoms with Crippen molar-refractivity contribution in [3.63, 3.8) is 0 Å². The lowest BCUT2D eigenvalue weighted by Gasteiger charge is -2.16. The zero-order valence-electron chi connectivity index (χ0n) is 17.6. The molecule has 0 spiro atoms. The molecule has 31 heavy (non-hydrogen) atoms. The first-order chi connectivity index (χ1) is 14.9. The van der Waals surface area contributed by atoms with Crippen molar-refractivity contribution in [3.05, 3.63) is 55.9 Å². The molecule has 0 aliphatic carbocycles. The third-order valence-corrected chi connectivity index (χ3v) is 5.95. The zero-order valence-corrected chi connectivity index (χ0v) is 19.1. The molecule has 2 heterocycles. The van der Waals surface area contributed by atoms with Gasteiger partial charge in [-0.15, -0.1) is 11.3 Å². The molecule has 0 radical (unpaired) electrons. The number of aromatic amines is 1. The maximum Gasteiger partial charge on any atom is 0.348 e. The topological polar surface area (TPSA) is 93.8 Å². The van der Waals surface area contributed by atoms with Gasteiger partial charge in [0.05, 0.1) is 18.5 Å². The van der Waals surface area contributed by atoms with E-state index in [1.807, 2.05) is 24.1 Å². The highest BCUT2D eigenvalue weighted by molar-refractivity contribution is 7.20. The average molecular weight is 466 g/mol. The summed E-state index contributed by atoms with van der Waals surface area (Å²) < 4.78 is 15.8. The van der Waals surface area contributed by atoms with Crippen molar-refractivity contribution >= 4 is 39.1 Å². The number of H-pyrrole nitrogens is 1. The van der Waals surface area contributed by atoms with E-state index >= 15 is 0 Å². The third-order valence-electron chi connectivity index (χ3n) is 4.53. The molecule has 1 aromatic carbocycles. The van der Waals surface area contributed by atoms with E-state index < -0.39 is 5.97 Å². The van der Waals surface area contributed by atoms with E-state index in [1.54, 1.807) is 19.1 Å². The van der Waals surface area contributed by atoms with Crippen LogP contribution in [0.5, 0.6) is 5.75 Å². The molecule has 166 valence electrons. The molecule has 0 aliphatic heterocycles. The summed E-state index contributed by atoms with van der Waals surface area (Å²) in [5, 5.41) is 1.08. The second kappa shape index (κ2) is 10.7. The van der Waals surface area contributed by atoms with Crippen molar-refractivity contribution in [2.45, 2.75) is 13.5 Å². The molecule has 8 nitrogen and oxygen atoms in total. The number of methoxy groups -OCH3 is 1. The number of rotatable bonds is 10. The van der Waals surface area contributed by atoms with Gasteiger partial charge in [0.25, 0.3) is 5.56 Å². The number of thiophene rings is 1. The maximum atomic E-state index is 12.6. The predicted molar refractivity (Wildman–Crippen MR) is 120 cm³/mol. The zero-order chi connectivity index (χ0) is 22.4. The smallest absolute Gasteiger partial charge is 0.348 e. The number of aromatic nitrogens is 2. The van der Waals surface area contributed by atoms with E-state index in [0.717, 1.165) is 17.1 Å². The van der Waals surface area contributed by atoms with E-state index in [1.165, 1.54) is 7.11 Å². The van der Waals surface area contributed by atoms with Crippen LogP contribution in [0.15, 0.2) is 29.1 Å². The Morgan fingerprint density at radius 1 is 1.23 bits per heavy atom. The minimum atomic E-state index is -0.477. The molecule has 0 aliphatic rings. The second-order valence-corrected chi connectivity index (χ2v) is 8.35. The fraction of sp³-hybridized carbons (Fsp3) is 0.381. The average Bonchev–Trinajstić information content (AvgIpc) is 3.06. The molecule has 0 amide bonds. The van der Waals surface area contributed by atoms with Gasteiger partial charge in [-0.05, 0) is 43.8 Å². The number of carbonyl (C=O) groups excluding carboxylic acids is 1. The number of likely N-dealkylation sites (N-methyl/N-ethyl adjacent to an activating group) is 1. The van der Waals surface area contributed by atoms with E-state index in [9.17, 15) is 9.59 Å². The standard InChI is InChI=1S/C21H24ClN3O5S/c1-13-17-19(26)23-16(24-20(17)31-18(13)21(27)30-11-10-28-3)12-25(2)8-9-29-15-6-4-14(22)5-7-15/h4-7H,8-12H2,1-3H3,(H,23,24,26). The Bertz CT molecular complexity index is 1100. The van der Waals surface area contributed by atoms with Gasteiger partial charge < -0.3 is 19.2 Å². The molecule has 0 bridgehead atoms. The molecule has 0 saturated heterocycles. The fourth-order valence-electron chi connectivity index (χ4n) is 2.93. The maximum absolute atomic E-state index is 12.6. The molecule has 0 saturated carbocycles. The monoisotopic (exact) mass is 465 g/mol. The summed E-state index contributed by atoms with van der Waals surface area (Å²) in [6.45, 7) is 3.72. The van der Waals surface area contributed by atoms with Gasteiger partial charge in [0.2, 0.25) is 0 Å². The van der Waals surface area contributed by atoms with Gasteiger partial charge in [-0.2, -0.15) is 0 Å². The first-order valence-corrected chi connectivity index (χ1v) is 10.8. The molecule has 0 atom stereocenters. The number of benzene rings is 1. The Hall–Kier alpha value is -2.46. The number of hydrogen-bond acceptors (Lipinski definition) is 8. The van der Waals surface area contributed by atoms with Crippen molar-refractivity contribution in [3.8, 4) is 5.75 Å². The Balaban J connectivity index is 1.64. The van der Waals surface area contributed by atoms with Crippen LogP contribution in [0.4, 0.5) is 0 Å². The van der Waals surface area contributed by atoms with Crippen LogP contribution in [-0.4, -0.2) is 61.4 Å². The molecule has 0 fully saturated rings. The number of aryl methyl sites for hydroxylation is 1. The van der Waals surface area contributed by atoms with Crippen LogP contribution < -0.4 is 10.3 Å². The fourth-order valence-corrected chi connectivity index (χ4v) is 4.15. The molecule has 1 N–H and O–H groups in total. The van der Waals surface area contributed by atoms with Gasteiger partial charge >= 0.3 is 5.97 Å². The highest BCUT2D eigenvalue weighted by Gasteiger charge is 2.20. The lowest BCUT2D eigenvalue weighted by Crippen LogP contribution is -2.26. The highest BCUT2D eigenvalue weighted by atomic mass is 35.5. The van der Waals surface area contributed by atoms with Gasteiger partial charge in [0.1, 0.15) is 34.5 Å². The van der Waals surface area contributed by atoms with E-state index in [4.69, 9.17) is 25.8 Å². The molecule has 2 aromatic heterocycles. The Labute approximate surface area is 188 Å². The molecule has 0 unspecified atom stereocenters. The first-order valence-electron chi connectivity index (χ1n) is 9.64. The number of nitrogens with zero attached hydrogens (tertiary/aromatic N) is 2. The number of hydrogen-bond donors (Lipinski definition) is 1. The number of ether oxygens (including phenoxy) is 3. The normalized spacial score (nSPS) is 11.3. The Kier molecular flexibility index (Phi) is 8.03. The van der Waals surface area contributed by atoms with E-state index in [-0.39, 0.29) is 12.2 Å². The summed E-state index contributed by atoms with van der Waals surface area (Å²) >= 11 is 7.03. The SMILES string of the molecule is COCCOC(=O)c1sc2nc(CN(C)CCOc3ccc(Cl)cc3)[nH]c(=O)c2c1C. The number of carbonyl (C=O) groups is 1. The number of halogens is 1. The molecule has 10 heteroatoms. The van der Waals surface area contributed by atoms with Crippen LogP contribution in [0.25, 0.3) is 10.2 Å². The third kappa shape index (κ3) is 6.04. The molecular weight excluding hydrogens is 442 g/mol. The van der Waals surface area contributed by atoms with E-state index in [0.29, 0.717) is 57.8 Å².